The van der Waals surface area contributed by atoms with E-state index >= 15 is 0 Å². The third-order valence-corrected chi connectivity index (χ3v) is 8.28. The van der Waals surface area contributed by atoms with Crippen molar-refractivity contribution >= 4 is 43.4 Å². The summed E-state index contributed by atoms with van der Waals surface area (Å²) in [6.45, 7) is 0. The van der Waals surface area contributed by atoms with Crippen LogP contribution in [0.1, 0.15) is 0 Å². The van der Waals surface area contributed by atoms with Gasteiger partial charge in [0.15, 0.2) is 17.5 Å². The highest BCUT2D eigenvalue weighted by Gasteiger charge is 2.18. The minimum absolute atomic E-state index is 0.632. The molecule has 5 aromatic carbocycles. The zero-order chi connectivity index (χ0) is 26.5. The summed E-state index contributed by atoms with van der Waals surface area (Å²) in [4.78, 5) is 16.2. The fourth-order valence-corrected chi connectivity index (χ4v) is 6.24. The lowest BCUT2D eigenvalue weighted by Gasteiger charge is -2.11. The Kier molecular flexibility index (Phi) is 5.28. The van der Waals surface area contributed by atoms with Crippen molar-refractivity contribution < 1.29 is 4.42 Å². The van der Waals surface area contributed by atoms with Crippen LogP contribution in [-0.2, 0) is 0 Å². The molecule has 4 nitrogen and oxygen atoms in total. The average Bonchev–Trinajstić information content (AvgIpc) is 3.63. The molecule has 40 heavy (non-hydrogen) atoms. The Morgan fingerprint density at radius 1 is 0.475 bits per heavy atom. The normalized spacial score (nSPS) is 11.5. The molecule has 0 unspecified atom stereocenters. The van der Waals surface area contributed by atoms with Crippen molar-refractivity contribution in [2.45, 2.75) is 0 Å². The first-order valence-corrected chi connectivity index (χ1v) is 13.9. The first kappa shape index (κ1) is 22.8. The van der Waals surface area contributed by atoms with Gasteiger partial charge in [-0.2, -0.15) is 0 Å². The molecule has 0 saturated carbocycles. The monoisotopic (exact) mass is 531 g/mol. The number of furan rings is 1. The van der Waals surface area contributed by atoms with Gasteiger partial charge in [-0.1, -0.05) is 91.0 Å². The highest BCUT2D eigenvalue weighted by atomic mass is 32.1. The van der Waals surface area contributed by atoms with Gasteiger partial charge in [0.25, 0.3) is 0 Å². The topological polar surface area (TPSA) is 51.8 Å². The first-order valence-electron chi connectivity index (χ1n) is 13.1. The van der Waals surface area contributed by atoms with E-state index in [-0.39, 0.29) is 0 Å². The lowest BCUT2D eigenvalue weighted by atomic mass is 9.99. The molecule has 8 aromatic rings. The molecular formula is C35H21N3OS. The van der Waals surface area contributed by atoms with Gasteiger partial charge in [0, 0.05) is 26.6 Å². The van der Waals surface area contributed by atoms with E-state index in [1.165, 1.54) is 10.1 Å². The number of rotatable bonds is 4. The third-order valence-electron chi connectivity index (χ3n) is 7.17. The van der Waals surface area contributed by atoms with Crippen molar-refractivity contribution in [3.63, 3.8) is 0 Å². The molecule has 0 fully saturated rings. The summed E-state index contributed by atoms with van der Waals surface area (Å²) in [5, 5.41) is 3.30. The summed E-state index contributed by atoms with van der Waals surface area (Å²) in [6.07, 6.45) is 0. The number of para-hydroxylation sites is 1. The Morgan fingerprint density at radius 2 is 1.18 bits per heavy atom. The number of fused-ring (bicyclic) bond motifs is 4. The molecule has 0 radical (unpaired) electrons. The Bertz CT molecular complexity index is 2150. The van der Waals surface area contributed by atoms with Crippen LogP contribution in [0, 0.1) is 0 Å². The van der Waals surface area contributed by atoms with Gasteiger partial charge in [-0.25, -0.2) is 15.0 Å². The van der Waals surface area contributed by atoms with Crippen molar-refractivity contribution in [2.75, 3.05) is 0 Å². The van der Waals surface area contributed by atoms with E-state index < -0.39 is 0 Å². The van der Waals surface area contributed by atoms with Crippen LogP contribution in [0.2, 0.25) is 0 Å². The molecule has 8 rings (SSSR count). The molecule has 3 heterocycles. The molecule has 0 atom stereocenters. The second-order valence-electron chi connectivity index (χ2n) is 9.68. The predicted molar refractivity (Wildman–Crippen MR) is 164 cm³/mol. The van der Waals surface area contributed by atoms with E-state index in [0.29, 0.717) is 17.5 Å². The van der Waals surface area contributed by atoms with E-state index in [2.05, 4.69) is 84.9 Å². The Morgan fingerprint density at radius 3 is 2.08 bits per heavy atom. The maximum Gasteiger partial charge on any atom is 0.174 e. The summed E-state index contributed by atoms with van der Waals surface area (Å²) in [5.74, 6) is 1.95. The summed E-state index contributed by atoms with van der Waals surface area (Å²) in [5.41, 5.74) is 5.80. The van der Waals surface area contributed by atoms with Crippen molar-refractivity contribution in [3.05, 3.63) is 127 Å². The SMILES string of the molecule is c1ccc(-c2ccccc2-c2nc(-c3ccc4oc5ccccc5c4c3)nc(-c3cc4ccccc4s3)n2)cc1. The third kappa shape index (κ3) is 3.87. The van der Waals surface area contributed by atoms with Crippen LogP contribution in [0.3, 0.4) is 0 Å². The number of thiophene rings is 1. The van der Waals surface area contributed by atoms with Crippen molar-refractivity contribution in [2.24, 2.45) is 0 Å². The van der Waals surface area contributed by atoms with Crippen LogP contribution in [0.15, 0.2) is 132 Å². The molecule has 0 amide bonds. The number of aromatic nitrogens is 3. The van der Waals surface area contributed by atoms with Crippen molar-refractivity contribution in [3.8, 4) is 44.6 Å². The summed E-state index contributed by atoms with van der Waals surface area (Å²) < 4.78 is 7.28. The minimum Gasteiger partial charge on any atom is -0.456 e. The highest BCUT2D eigenvalue weighted by molar-refractivity contribution is 7.22. The van der Waals surface area contributed by atoms with Gasteiger partial charge in [-0.05, 0) is 52.9 Å². The Hall–Kier alpha value is -5.13. The molecule has 0 N–H and O–H groups in total. The largest absolute Gasteiger partial charge is 0.456 e. The van der Waals surface area contributed by atoms with Gasteiger partial charge in [-0.15, -0.1) is 11.3 Å². The Balaban J connectivity index is 1.37. The maximum absolute atomic E-state index is 6.08. The van der Waals surface area contributed by atoms with Crippen LogP contribution < -0.4 is 0 Å². The lowest BCUT2D eigenvalue weighted by Crippen LogP contribution is -2.00. The summed E-state index contributed by atoms with van der Waals surface area (Å²) in [6, 6.07) is 43.5. The number of hydrogen-bond acceptors (Lipinski definition) is 5. The fourth-order valence-electron chi connectivity index (χ4n) is 5.24. The smallest absolute Gasteiger partial charge is 0.174 e. The average molecular weight is 532 g/mol. The zero-order valence-electron chi connectivity index (χ0n) is 21.3. The minimum atomic E-state index is 0.632. The molecule has 0 bridgehead atoms. The van der Waals surface area contributed by atoms with Crippen LogP contribution in [0.25, 0.3) is 76.6 Å². The van der Waals surface area contributed by atoms with Gasteiger partial charge in [0.05, 0.1) is 4.88 Å². The molecule has 3 aromatic heterocycles. The summed E-state index contributed by atoms with van der Waals surface area (Å²) >= 11 is 1.70. The van der Waals surface area contributed by atoms with Gasteiger partial charge >= 0.3 is 0 Å². The molecule has 0 aliphatic heterocycles. The molecule has 188 valence electrons. The zero-order valence-corrected chi connectivity index (χ0v) is 22.1. The molecule has 0 saturated heterocycles. The standard InChI is InChI=1S/C35H21N3OS/c1-2-10-22(11-3-1)25-13-5-6-15-27(25)34-36-33(37-35(38-34)32-21-23-12-4-9-17-31(23)40-32)24-18-19-30-28(20-24)26-14-7-8-16-29(26)39-30/h1-21H. The van der Waals surface area contributed by atoms with Crippen molar-refractivity contribution in [1.82, 2.24) is 15.0 Å². The molecule has 5 heteroatoms. The van der Waals surface area contributed by atoms with Crippen LogP contribution in [0.5, 0.6) is 0 Å². The molecule has 0 aliphatic carbocycles. The molecular weight excluding hydrogens is 510 g/mol. The maximum atomic E-state index is 6.08. The number of benzene rings is 5. The van der Waals surface area contributed by atoms with Gasteiger partial charge in [-0.3, -0.25) is 0 Å². The Labute approximate surface area is 234 Å². The van der Waals surface area contributed by atoms with E-state index in [0.717, 1.165) is 49.1 Å². The molecule has 0 aliphatic rings. The van der Waals surface area contributed by atoms with Crippen molar-refractivity contribution in [1.29, 1.82) is 0 Å². The van der Waals surface area contributed by atoms with Crippen LogP contribution >= 0.6 is 11.3 Å². The van der Waals surface area contributed by atoms with E-state index in [1.807, 2.05) is 42.5 Å². The van der Waals surface area contributed by atoms with E-state index in [1.54, 1.807) is 11.3 Å². The summed E-state index contributed by atoms with van der Waals surface area (Å²) in [7, 11) is 0. The van der Waals surface area contributed by atoms with Gasteiger partial charge < -0.3 is 4.42 Å². The number of nitrogens with zero attached hydrogens (tertiary/aromatic N) is 3. The number of hydrogen-bond donors (Lipinski definition) is 0. The second-order valence-corrected chi connectivity index (χ2v) is 10.8. The second kappa shape index (κ2) is 9.26. The van der Waals surface area contributed by atoms with Crippen LogP contribution in [0.4, 0.5) is 0 Å². The quantitative estimate of drug-likeness (QED) is 0.227. The fraction of sp³-hybridized carbons (Fsp3) is 0. The predicted octanol–water partition coefficient (Wildman–Crippen LogP) is 9.65. The van der Waals surface area contributed by atoms with Crippen LogP contribution in [-0.4, -0.2) is 15.0 Å². The van der Waals surface area contributed by atoms with E-state index in [9.17, 15) is 0 Å². The highest BCUT2D eigenvalue weighted by Crippen LogP contribution is 2.37. The van der Waals surface area contributed by atoms with E-state index in [4.69, 9.17) is 19.4 Å². The van der Waals surface area contributed by atoms with Gasteiger partial charge in [0.1, 0.15) is 11.2 Å². The molecule has 0 spiro atoms. The lowest BCUT2D eigenvalue weighted by molar-refractivity contribution is 0.669. The first-order chi connectivity index (χ1) is 19.8. The van der Waals surface area contributed by atoms with Gasteiger partial charge in [0.2, 0.25) is 0 Å².